The molecule has 112 valence electrons. The van der Waals surface area contributed by atoms with Gasteiger partial charge < -0.3 is 9.84 Å². The molecule has 0 saturated heterocycles. The lowest BCUT2D eigenvalue weighted by Crippen LogP contribution is -2.06. The van der Waals surface area contributed by atoms with E-state index in [0.717, 1.165) is 17.7 Å². The smallest absolute Gasteiger partial charge is 0.335 e. The fourth-order valence-corrected chi connectivity index (χ4v) is 1.93. The van der Waals surface area contributed by atoms with Crippen LogP contribution in [0.15, 0.2) is 30.5 Å². The van der Waals surface area contributed by atoms with Gasteiger partial charge in [-0.15, -0.1) is 0 Å². The second-order valence-electron chi connectivity index (χ2n) is 5.12. The summed E-state index contributed by atoms with van der Waals surface area (Å²) >= 11 is 0. The SMILES string of the molecule is CCC(C)n1ccc(COc2cc(C(=O)O)ccc2C)n1. The van der Waals surface area contributed by atoms with E-state index in [0.29, 0.717) is 18.4 Å². The molecule has 1 aromatic carbocycles. The quantitative estimate of drug-likeness (QED) is 0.884. The van der Waals surface area contributed by atoms with Crippen molar-refractivity contribution in [3.8, 4) is 5.75 Å². The van der Waals surface area contributed by atoms with Gasteiger partial charge in [0, 0.05) is 12.2 Å². The zero-order valence-electron chi connectivity index (χ0n) is 12.5. The molecule has 0 radical (unpaired) electrons. The molecule has 0 bridgehead atoms. The van der Waals surface area contributed by atoms with Crippen molar-refractivity contribution in [3.63, 3.8) is 0 Å². The van der Waals surface area contributed by atoms with E-state index in [1.807, 2.05) is 23.9 Å². The van der Waals surface area contributed by atoms with Gasteiger partial charge in [0.25, 0.3) is 0 Å². The number of aromatic nitrogens is 2. The zero-order chi connectivity index (χ0) is 15.4. The minimum Gasteiger partial charge on any atom is -0.487 e. The molecule has 0 saturated carbocycles. The summed E-state index contributed by atoms with van der Waals surface area (Å²) in [5.74, 6) is -0.381. The highest BCUT2D eigenvalue weighted by Gasteiger charge is 2.09. The van der Waals surface area contributed by atoms with Crippen molar-refractivity contribution >= 4 is 5.97 Å². The highest BCUT2D eigenvalue weighted by atomic mass is 16.5. The average molecular weight is 288 g/mol. The predicted molar refractivity (Wildman–Crippen MR) is 79.7 cm³/mol. The minimum absolute atomic E-state index is 0.223. The molecular weight excluding hydrogens is 268 g/mol. The summed E-state index contributed by atoms with van der Waals surface area (Å²) in [6.07, 6.45) is 2.95. The standard InChI is InChI=1S/C16H20N2O3/c1-4-12(3)18-8-7-14(17-18)10-21-15-9-13(16(19)20)6-5-11(15)2/h5-9,12H,4,10H2,1-3H3,(H,19,20). The van der Waals surface area contributed by atoms with Crippen LogP contribution in [0.25, 0.3) is 0 Å². The molecule has 2 rings (SSSR count). The van der Waals surface area contributed by atoms with E-state index in [-0.39, 0.29) is 5.56 Å². The monoisotopic (exact) mass is 288 g/mol. The van der Waals surface area contributed by atoms with Gasteiger partial charge in [-0.1, -0.05) is 13.0 Å². The van der Waals surface area contributed by atoms with Crippen molar-refractivity contribution in [2.24, 2.45) is 0 Å². The molecule has 0 fully saturated rings. The van der Waals surface area contributed by atoms with E-state index in [1.165, 1.54) is 0 Å². The molecule has 0 aliphatic heterocycles. The van der Waals surface area contributed by atoms with Crippen LogP contribution in [0.3, 0.4) is 0 Å². The van der Waals surface area contributed by atoms with Gasteiger partial charge in [-0.2, -0.15) is 5.10 Å². The van der Waals surface area contributed by atoms with Gasteiger partial charge in [-0.3, -0.25) is 4.68 Å². The van der Waals surface area contributed by atoms with Crippen LogP contribution in [0.2, 0.25) is 0 Å². The van der Waals surface area contributed by atoms with Gasteiger partial charge in [0.1, 0.15) is 12.4 Å². The summed E-state index contributed by atoms with van der Waals surface area (Å²) in [6.45, 7) is 6.44. The summed E-state index contributed by atoms with van der Waals surface area (Å²) in [6, 6.07) is 7.14. The second kappa shape index (κ2) is 6.43. The van der Waals surface area contributed by atoms with Crippen molar-refractivity contribution in [2.45, 2.75) is 39.8 Å². The van der Waals surface area contributed by atoms with E-state index in [1.54, 1.807) is 18.2 Å². The van der Waals surface area contributed by atoms with Crippen LogP contribution in [0.4, 0.5) is 0 Å². The zero-order valence-corrected chi connectivity index (χ0v) is 12.5. The Hall–Kier alpha value is -2.30. The van der Waals surface area contributed by atoms with Gasteiger partial charge in [-0.25, -0.2) is 4.79 Å². The maximum absolute atomic E-state index is 11.0. The molecule has 2 aromatic rings. The van der Waals surface area contributed by atoms with Gasteiger partial charge in [0.05, 0.1) is 11.3 Å². The van der Waals surface area contributed by atoms with E-state index in [9.17, 15) is 4.79 Å². The largest absolute Gasteiger partial charge is 0.487 e. The van der Waals surface area contributed by atoms with Crippen LogP contribution >= 0.6 is 0 Å². The van der Waals surface area contributed by atoms with Gasteiger partial charge in [0.2, 0.25) is 0 Å². The molecule has 0 aliphatic carbocycles. The Balaban J connectivity index is 2.07. The van der Waals surface area contributed by atoms with E-state index >= 15 is 0 Å². The summed E-state index contributed by atoms with van der Waals surface area (Å²) < 4.78 is 7.62. The fourth-order valence-electron chi connectivity index (χ4n) is 1.93. The molecule has 1 atom stereocenters. The van der Waals surface area contributed by atoms with Crippen molar-refractivity contribution in [3.05, 3.63) is 47.3 Å². The number of hydrogen-bond acceptors (Lipinski definition) is 3. The number of ether oxygens (including phenoxy) is 1. The topological polar surface area (TPSA) is 64.3 Å². The maximum atomic E-state index is 11.0. The molecule has 1 aromatic heterocycles. The third-order valence-electron chi connectivity index (χ3n) is 3.52. The first-order chi connectivity index (χ1) is 10.0. The first-order valence-electron chi connectivity index (χ1n) is 7.02. The van der Waals surface area contributed by atoms with E-state index in [4.69, 9.17) is 9.84 Å². The first-order valence-corrected chi connectivity index (χ1v) is 7.02. The predicted octanol–water partition coefficient (Wildman–Crippen LogP) is 3.44. The highest BCUT2D eigenvalue weighted by molar-refractivity contribution is 5.88. The van der Waals surface area contributed by atoms with Crippen LogP contribution in [-0.2, 0) is 6.61 Å². The summed E-state index contributed by atoms with van der Waals surface area (Å²) in [5, 5.41) is 13.5. The summed E-state index contributed by atoms with van der Waals surface area (Å²) in [4.78, 5) is 11.0. The highest BCUT2D eigenvalue weighted by Crippen LogP contribution is 2.21. The molecule has 5 heteroatoms. The molecule has 0 amide bonds. The van der Waals surface area contributed by atoms with Crippen molar-refractivity contribution in [1.82, 2.24) is 9.78 Å². The van der Waals surface area contributed by atoms with Crippen LogP contribution < -0.4 is 4.74 Å². The van der Waals surface area contributed by atoms with Crippen LogP contribution in [0.5, 0.6) is 5.75 Å². The van der Waals surface area contributed by atoms with Crippen LogP contribution in [-0.4, -0.2) is 20.9 Å². The number of benzene rings is 1. The molecule has 1 unspecified atom stereocenters. The summed E-state index contributed by atoms with van der Waals surface area (Å²) in [5.41, 5.74) is 1.96. The van der Waals surface area contributed by atoms with Gasteiger partial charge in [0.15, 0.2) is 0 Å². The Morgan fingerprint density at radius 2 is 2.19 bits per heavy atom. The maximum Gasteiger partial charge on any atom is 0.335 e. The Morgan fingerprint density at radius 3 is 2.86 bits per heavy atom. The lowest BCUT2D eigenvalue weighted by Gasteiger charge is -2.10. The first kappa shape index (κ1) is 15.1. The third kappa shape index (κ3) is 3.62. The fraction of sp³-hybridized carbons (Fsp3) is 0.375. The number of carboxylic acid groups (broad SMARTS) is 1. The Morgan fingerprint density at radius 1 is 1.43 bits per heavy atom. The Bertz CT molecular complexity index is 634. The molecule has 1 N–H and O–H groups in total. The number of carboxylic acids is 1. The van der Waals surface area contributed by atoms with E-state index in [2.05, 4.69) is 18.9 Å². The van der Waals surface area contributed by atoms with Crippen molar-refractivity contribution in [2.75, 3.05) is 0 Å². The Labute approximate surface area is 124 Å². The molecule has 0 spiro atoms. The minimum atomic E-state index is -0.958. The third-order valence-corrected chi connectivity index (χ3v) is 3.52. The average Bonchev–Trinajstić information content (AvgIpc) is 2.94. The van der Waals surface area contributed by atoms with Crippen LogP contribution in [0, 0.1) is 6.92 Å². The molecule has 5 nitrogen and oxygen atoms in total. The molecule has 0 aliphatic rings. The molecule has 1 heterocycles. The van der Waals surface area contributed by atoms with Gasteiger partial charge >= 0.3 is 5.97 Å². The number of nitrogens with zero attached hydrogens (tertiary/aromatic N) is 2. The van der Waals surface area contributed by atoms with E-state index < -0.39 is 5.97 Å². The summed E-state index contributed by atoms with van der Waals surface area (Å²) in [7, 11) is 0. The number of aromatic carboxylic acids is 1. The number of rotatable bonds is 6. The Kier molecular flexibility index (Phi) is 4.62. The van der Waals surface area contributed by atoms with Crippen molar-refractivity contribution in [1.29, 1.82) is 0 Å². The molecular formula is C16H20N2O3. The lowest BCUT2D eigenvalue weighted by atomic mass is 10.1. The van der Waals surface area contributed by atoms with Crippen molar-refractivity contribution < 1.29 is 14.6 Å². The number of carbonyl (C=O) groups is 1. The molecule has 21 heavy (non-hydrogen) atoms. The normalized spacial score (nSPS) is 12.1. The second-order valence-corrected chi connectivity index (χ2v) is 5.12. The number of hydrogen-bond donors (Lipinski definition) is 1. The lowest BCUT2D eigenvalue weighted by molar-refractivity contribution is 0.0696. The van der Waals surface area contributed by atoms with Crippen LogP contribution in [0.1, 0.15) is 47.9 Å². The number of aryl methyl sites for hydroxylation is 1. The van der Waals surface area contributed by atoms with Gasteiger partial charge in [-0.05, 0) is 44.0 Å².